The summed E-state index contributed by atoms with van der Waals surface area (Å²) in [5.41, 5.74) is 1.08. The molecule has 3 aliphatic rings. The third-order valence-electron chi connectivity index (χ3n) is 5.92. The first-order valence-corrected chi connectivity index (χ1v) is 10.2. The molecule has 0 bridgehead atoms. The molecule has 8 heteroatoms. The zero-order valence-electron chi connectivity index (χ0n) is 16.5. The van der Waals surface area contributed by atoms with E-state index in [1.165, 1.54) is 17.9 Å². The van der Waals surface area contributed by atoms with Gasteiger partial charge in [-0.25, -0.2) is 9.18 Å². The number of nitrogens with one attached hydrogen (secondary N) is 1. The maximum absolute atomic E-state index is 14.8. The van der Waals surface area contributed by atoms with E-state index in [1.54, 1.807) is 12.1 Å². The first kappa shape index (κ1) is 19.7. The molecule has 3 amide bonds. The Balaban J connectivity index is 1.37. The van der Waals surface area contributed by atoms with Gasteiger partial charge in [-0.05, 0) is 49.3 Å². The highest BCUT2D eigenvalue weighted by Gasteiger charge is 2.36. The van der Waals surface area contributed by atoms with Gasteiger partial charge in [-0.15, -0.1) is 0 Å². The van der Waals surface area contributed by atoms with Crippen LogP contribution in [-0.4, -0.2) is 55.1 Å². The second kappa shape index (κ2) is 8.00. The van der Waals surface area contributed by atoms with Gasteiger partial charge < -0.3 is 15.0 Å². The van der Waals surface area contributed by atoms with Crippen LogP contribution in [0.25, 0.3) is 0 Å². The van der Waals surface area contributed by atoms with Crippen LogP contribution in [0.1, 0.15) is 44.1 Å². The molecule has 1 aromatic rings. The van der Waals surface area contributed by atoms with Gasteiger partial charge in [0.2, 0.25) is 11.8 Å². The highest BCUT2D eigenvalue weighted by atomic mass is 19.1. The Kier molecular flexibility index (Phi) is 5.43. The number of carbonyl (C=O) groups excluding carboxylic acids is 3. The number of nitrogens with zero attached hydrogens (tertiary/aromatic N) is 2. The van der Waals surface area contributed by atoms with E-state index in [0.717, 1.165) is 25.7 Å². The molecular weight excluding hydrogens is 377 g/mol. The second-order valence-corrected chi connectivity index (χ2v) is 8.13. The maximum atomic E-state index is 14.8. The van der Waals surface area contributed by atoms with E-state index < -0.39 is 12.2 Å². The Morgan fingerprint density at radius 3 is 2.55 bits per heavy atom. The number of amides is 3. The fraction of sp³-hybridized carbons (Fsp3) is 0.571. The summed E-state index contributed by atoms with van der Waals surface area (Å²) in [5.74, 6) is 0.00981. The van der Waals surface area contributed by atoms with Gasteiger partial charge in [-0.1, -0.05) is 6.07 Å². The topological polar surface area (TPSA) is 79.0 Å². The molecule has 0 aromatic heterocycles. The van der Waals surface area contributed by atoms with Crippen LogP contribution >= 0.6 is 0 Å². The number of rotatable bonds is 5. The molecule has 2 heterocycles. The average molecular weight is 403 g/mol. The minimum atomic E-state index is -0.542. The number of halogens is 1. The van der Waals surface area contributed by atoms with Gasteiger partial charge in [0.1, 0.15) is 11.9 Å². The highest BCUT2D eigenvalue weighted by Crippen LogP contribution is 2.36. The first-order chi connectivity index (χ1) is 13.9. The van der Waals surface area contributed by atoms with Crippen molar-refractivity contribution in [2.45, 2.75) is 44.6 Å². The minimum absolute atomic E-state index is 0.0744. The molecule has 4 rings (SSSR count). The largest absolute Gasteiger partial charge is 0.442 e. The first-order valence-electron chi connectivity index (χ1n) is 10.2. The number of hydrogen-bond acceptors (Lipinski definition) is 4. The van der Waals surface area contributed by atoms with Gasteiger partial charge >= 0.3 is 6.09 Å². The van der Waals surface area contributed by atoms with Crippen LogP contribution in [-0.2, 0) is 14.3 Å². The van der Waals surface area contributed by atoms with Crippen molar-refractivity contribution in [3.63, 3.8) is 0 Å². The molecule has 1 N–H and O–H groups in total. The number of carbonyl (C=O) groups is 3. The summed E-state index contributed by atoms with van der Waals surface area (Å²) < 4.78 is 20.1. The van der Waals surface area contributed by atoms with Crippen LogP contribution < -0.4 is 10.2 Å². The van der Waals surface area contributed by atoms with Crippen molar-refractivity contribution in [1.29, 1.82) is 0 Å². The molecule has 3 fully saturated rings. The van der Waals surface area contributed by atoms with E-state index in [1.807, 2.05) is 4.90 Å². The molecule has 156 valence electrons. The maximum Gasteiger partial charge on any atom is 0.414 e. The molecule has 0 radical (unpaired) electrons. The van der Waals surface area contributed by atoms with Crippen molar-refractivity contribution in [3.8, 4) is 0 Å². The SMILES string of the molecule is CC(=O)NC[C@H]1CN(c2ccc(C3CCN(C(=O)C4CC4)CC3)c(F)c2)C(=O)O1. The van der Waals surface area contributed by atoms with Gasteiger partial charge in [0.25, 0.3) is 0 Å². The van der Waals surface area contributed by atoms with Crippen LogP contribution in [0.3, 0.4) is 0 Å². The lowest BCUT2D eigenvalue weighted by Gasteiger charge is -2.32. The molecule has 7 nitrogen and oxygen atoms in total. The van der Waals surface area contributed by atoms with E-state index >= 15 is 0 Å². The van der Waals surface area contributed by atoms with Crippen molar-refractivity contribution in [2.75, 3.05) is 31.1 Å². The van der Waals surface area contributed by atoms with E-state index in [-0.39, 0.29) is 42.6 Å². The quantitative estimate of drug-likeness (QED) is 0.819. The van der Waals surface area contributed by atoms with E-state index in [0.29, 0.717) is 24.3 Å². The second-order valence-electron chi connectivity index (χ2n) is 8.13. The number of benzene rings is 1. The van der Waals surface area contributed by atoms with Crippen molar-refractivity contribution in [3.05, 3.63) is 29.6 Å². The van der Waals surface area contributed by atoms with Gasteiger partial charge in [0.15, 0.2) is 0 Å². The van der Waals surface area contributed by atoms with Gasteiger partial charge in [-0.2, -0.15) is 0 Å². The lowest BCUT2D eigenvalue weighted by Crippen LogP contribution is -2.38. The van der Waals surface area contributed by atoms with Crippen LogP contribution in [0.4, 0.5) is 14.9 Å². The summed E-state index contributed by atoms with van der Waals surface area (Å²) in [5, 5.41) is 2.62. The fourth-order valence-electron chi connectivity index (χ4n) is 4.11. The summed E-state index contributed by atoms with van der Waals surface area (Å²) >= 11 is 0. The molecule has 0 unspecified atom stereocenters. The molecule has 29 heavy (non-hydrogen) atoms. The molecule has 2 aliphatic heterocycles. The summed E-state index contributed by atoms with van der Waals surface area (Å²) in [6.07, 6.45) is 2.50. The minimum Gasteiger partial charge on any atom is -0.442 e. The van der Waals surface area contributed by atoms with Crippen molar-refractivity contribution >= 4 is 23.6 Å². The Morgan fingerprint density at radius 1 is 1.21 bits per heavy atom. The number of hydrogen-bond donors (Lipinski definition) is 1. The van der Waals surface area contributed by atoms with Crippen molar-refractivity contribution in [2.24, 2.45) is 5.92 Å². The Morgan fingerprint density at radius 2 is 1.93 bits per heavy atom. The number of anilines is 1. The standard InChI is InChI=1S/C21H26FN3O4/c1-13(26)23-11-17-12-25(21(28)29-17)16-4-5-18(19(22)10-16)14-6-8-24(9-7-14)20(27)15-2-3-15/h4-5,10,14-15,17H,2-3,6-9,11-12H2,1H3,(H,23,26)/t17-/m0/s1. The normalized spacial score (nSPS) is 22.6. The Hall–Kier alpha value is -2.64. The molecular formula is C21H26FN3O4. The molecule has 0 spiro atoms. The van der Waals surface area contributed by atoms with E-state index in [9.17, 15) is 18.8 Å². The monoisotopic (exact) mass is 403 g/mol. The van der Waals surface area contributed by atoms with Crippen molar-refractivity contribution < 1.29 is 23.5 Å². The van der Waals surface area contributed by atoms with Crippen LogP contribution in [0, 0.1) is 11.7 Å². The fourth-order valence-corrected chi connectivity index (χ4v) is 4.11. The predicted octanol–water partition coefficient (Wildman–Crippen LogP) is 2.40. The Labute approximate surface area is 169 Å². The average Bonchev–Trinajstić information content (AvgIpc) is 3.48. The molecule has 1 aromatic carbocycles. The lowest BCUT2D eigenvalue weighted by atomic mass is 9.88. The smallest absolute Gasteiger partial charge is 0.414 e. The van der Waals surface area contributed by atoms with Crippen LogP contribution in [0.2, 0.25) is 0 Å². The molecule has 2 saturated heterocycles. The number of cyclic esters (lactones) is 1. The number of likely N-dealkylation sites (tertiary alicyclic amines) is 1. The highest BCUT2D eigenvalue weighted by molar-refractivity contribution is 5.89. The summed E-state index contributed by atoms with van der Waals surface area (Å²) in [7, 11) is 0. The predicted molar refractivity (Wildman–Crippen MR) is 104 cm³/mol. The summed E-state index contributed by atoms with van der Waals surface area (Å²) in [4.78, 5) is 38.6. The zero-order chi connectivity index (χ0) is 20.5. The van der Waals surface area contributed by atoms with Gasteiger partial charge in [-0.3, -0.25) is 14.5 Å². The molecule has 1 aliphatic carbocycles. The summed E-state index contributed by atoms with van der Waals surface area (Å²) in [6, 6.07) is 4.85. The van der Waals surface area contributed by atoms with Crippen LogP contribution in [0.15, 0.2) is 18.2 Å². The van der Waals surface area contributed by atoms with Gasteiger partial charge in [0, 0.05) is 25.9 Å². The third kappa shape index (κ3) is 4.36. The van der Waals surface area contributed by atoms with E-state index in [2.05, 4.69) is 5.32 Å². The summed E-state index contributed by atoms with van der Waals surface area (Å²) in [6.45, 7) is 3.24. The lowest BCUT2D eigenvalue weighted by molar-refractivity contribution is -0.133. The van der Waals surface area contributed by atoms with Crippen LogP contribution in [0.5, 0.6) is 0 Å². The molecule has 1 saturated carbocycles. The van der Waals surface area contributed by atoms with E-state index in [4.69, 9.17) is 4.74 Å². The number of ether oxygens (including phenoxy) is 1. The Bertz CT molecular complexity index is 818. The van der Waals surface area contributed by atoms with Crippen molar-refractivity contribution in [1.82, 2.24) is 10.2 Å². The third-order valence-corrected chi connectivity index (χ3v) is 5.92. The zero-order valence-corrected chi connectivity index (χ0v) is 16.5. The van der Waals surface area contributed by atoms with Gasteiger partial charge in [0.05, 0.1) is 18.8 Å². The number of piperidine rings is 1. The molecule has 1 atom stereocenters.